The molecule has 1 spiro atoms. The first kappa shape index (κ1) is 16.0. The fourth-order valence-corrected chi connectivity index (χ4v) is 5.79. The molecule has 24 heavy (non-hydrogen) atoms. The van der Waals surface area contributed by atoms with Crippen LogP contribution in [0.2, 0.25) is 0 Å². The molecule has 1 aliphatic carbocycles. The first-order valence-electron chi connectivity index (χ1n) is 8.70. The number of nitrogens with zero attached hydrogens (tertiary/aromatic N) is 3. The largest absolute Gasteiger partial charge is 0.336 e. The van der Waals surface area contributed by atoms with Crippen molar-refractivity contribution in [1.82, 2.24) is 14.2 Å². The van der Waals surface area contributed by atoms with Crippen molar-refractivity contribution in [1.29, 1.82) is 0 Å². The van der Waals surface area contributed by atoms with Crippen LogP contribution in [0.15, 0.2) is 24.4 Å². The van der Waals surface area contributed by atoms with E-state index in [4.69, 9.17) is 0 Å². The van der Waals surface area contributed by atoms with E-state index < -0.39 is 10.0 Å². The van der Waals surface area contributed by atoms with Gasteiger partial charge in [-0.15, -0.1) is 0 Å². The summed E-state index contributed by atoms with van der Waals surface area (Å²) in [6.45, 7) is 2.26. The molecule has 130 valence electrons. The van der Waals surface area contributed by atoms with Crippen LogP contribution in [0, 0.1) is 5.41 Å². The summed E-state index contributed by atoms with van der Waals surface area (Å²) in [5.74, 6) is 0.177. The van der Waals surface area contributed by atoms with Gasteiger partial charge < -0.3 is 4.90 Å². The molecule has 0 aromatic carbocycles. The van der Waals surface area contributed by atoms with Crippen molar-refractivity contribution in [3.63, 3.8) is 0 Å². The van der Waals surface area contributed by atoms with E-state index in [0.29, 0.717) is 32.5 Å². The molecule has 0 bridgehead atoms. The zero-order valence-electron chi connectivity index (χ0n) is 13.7. The predicted octanol–water partition coefficient (Wildman–Crippen LogP) is 1.39. The van der Waals surface area contributed by atoms with Crippen LogP contribution < -0.4 is 0 Å². The van der Waals surface area contributed by atoms with Crippen LogP contribution in [-0.4, -0.2) is 53.4 Å². The number of hydrogen-bond donors (Lipinski definition) is 0. The number of carbonyl (C=O) groups is 1. The minimum atomic E-state index is -3.12. The molecule has 1 amide bonds. The van der Waals surface area contributed by atoms with Gasteiger partial charge in [0.1, 0.15) is 0 Å². The Morgan fingerprint density at radius 1 is 1.12 bits per heavy atom. The number of hydrogen-bond acceptors (Lipinski definition) is 4. The van der Waals surface area contributed by atoms with Gasteiger partial charge in [0.15, 0.2) is 0 Å². The molecule has 2 aliphatic heterocycles. The number of aromatic nitrogens is 1. The van der Waals surface area contributed by atoms with Gasteiger partial charge in [-0.05, 0) is 44.2 Å². The summed E-state index contributed by atoms with van der Waals surface area (Å²) in [6.07, 6.45) is 5.46. The van der Waals surface area contributed by atoms with Crippen molar-refractivity contribution in [2.45, 2.75) is 43.9 Å². The molecule has 0 N–H and O–H groups in total. The molecule has 6 nitrogen and oxygen atoms in total. The molecule has 0 radical (unpaired) electrons. The Bertz CT molecular complexity index is 723. The van der Waals surface area contributed by atoms with E-state index in [1.165, 1.54) is 0 Å². The van der Waals surface area contributed by atoms with Crippen molar-refractivity contribution in [3.8, 4) is 0 Å². The van der Waals surface area contributed by atoms with Crippen molar-refractivity contribution < 1.29 is 13.2 Å². The van der Waals surface area contributed by atoms with Crippen molar-refractivity contribution >= 4 is 15.9 Å². The molecule has 4 rings (SSSR count). The van der Waals surface area contributed by atoms with Crippen molar-refractivity contribution in [2.24, 2.45) is 5.41 Å². The first-order valence-corrected chi connectivity index (χ1v) is 10.2. The molecule has 0 atom stereocenters. The van der Waals surface area contributed by atoms with Gasteiger partial charge in [0, 0.05) is 25.8 Å². The lowest BCUT2D eigenvalue weighted by atomic mass is 9.77. The van der Waals surface area contributed by atoms with Crippen LogP contribution >= 0.6 is 0 Å². The lowest BCUT2D eigenvalue weighted by molar-refractivity contribution is -0.138. The van der Waals surface area contributed by atoms with Crippen LogP contribution in [0.3, 0.4) is 0 Å². The quantitative estimate of drug-likeness (QED) is 0.824. The topological polar surface area (TPSA) is 70.6 Å². The molecule has 0 unspecified atom stereocenters. The molecule has 3 fully saturated rings. The Kier molecular flexibility index (Phi) is 3.88. The third-order valence-electron chi connectivity index (χ3n) is 5.67. The van der Waals surface area contributed by atoms with Gasteiger partial charge >= 0.3 is 0 Å². The van der Waals surface area contributed by atoms with E-state index in [1.54, 1.807) is 10.5 Å². The van der Waals surface area contributed by atoms with Crippen LogP contribution in [0.5, 0.6) is 0 Å². The second-order valence-electron chi connectivity index (χ2n) is 7.22. The van der Waals surface area contributed by atoms with Gasteiger partial charge in [-0.1, -0.05) is 6.07 Å². The zero-order chi connectivity index (χ0) is 16.8. The van der Waals surface area contributed by atoms with Gasteiger partial charge in [-0.25, -0.2) is 12.7 Å². The maximum atomic E-state index is 12.9. The van der Waals surface area contributed by atoms with E-state index in [1.807, 2.05) is 23.1 Å². The third kappa shape index (κ3) is 2.73. The number of piperidine rings is 1. The molecular formula is C17H23N3O3S. The molecule has 7 heteroatoms. The standard InChI is InChI=1S/C17H23N3O3S/c21-16-17(6-10-19(16)13-14-3-1-2-9-18-14)7-11-20(12-8-17)24(22,23)15-4-5-15/h1-3,9,15H,4-8,10-13H2. The Morgan fingerprint density at radius 3 is 2.46 bits per heavy atom. The molecule has 1 saturated carbocycles. The summed E-state index contributed by atoms with van der Waals surface area (Å²) in [5, 5.41) is -0.161. The fraction of sp³-hybridized carbons (Fsp3) is 0.647. The summed E-state index contributed by atoms with van der Waals surface area (Å²) in [6, 6.07) is 5.73. The second kappa shape index (κ2) is 5.81. The van der Waals surface area contributed by atoms with Crippen LogP contribution in [0.1, 0.15) is 37.8 Å². The van der Waals surface area contributed by atoms with Gasteiger partial charge in [0.05, 0.1) is 22.9 Å². The van der Waals surface area contributed by atoms with Gasteiger partial charge in [-0.3, -0.25) is 9.78 Å². The van der Waals surface area contributed by atoms with E-state index in [-0.39, 0.29) is 16.6 Å². The summed E-state index contributed by atoms with van der Waals surface area (Å²) < 4.78 is 26.3. The Balaban J connectivity index is 1.41. The third-order valence-corrected chi connectivity index (χ3v) is 8.06. The normalized spacial score (nSPS) is 24.7. The zero-order valence-corrected chi connectivity index (χ0v) is 14.5. The number of carbonyl (C=O) groups excluding carboxylic acids is 1. The van der Waals surface area contributed by atoms with Crippen molar-refractivity contribution in [2.75, 3.05) is 19.6 Å². The fourth-order valence-electron chi connectivity index (χ4n) is 3.94. The van der Waals surface area contributed by atoms with Crippen LogP contribution in [-0.2, 0) is 21.4 Å². The van der Waals surface area contributed by atoms with Crippen LogP contribution in [0.25, 0.3) is 0 Å². The minimum absolute atomic E-state index is 0.161. The monoisotopic (exact) mass is 349 g/mol. The number of rotatable bonds is 4. The highest BCUT2D eigenvalue weighted by Gasteiger charge is 2.50. The summed E-state index contributed by atoms with van der Waals surface area (Å²) in [7, 11) is -3.12. The van der Waals surface area contributed by atoms with Crippen LogP contribution in [0.4, 0.5) is 0 Å². The number of amides is 1. The molecule has 3 heterocycles. The lowest BCUT2D eigenvalue weighted by Gasteiger charge is -2.37. The molecule has 2 saturated heterocycles. The van der Waals surface area contributed by atoms with Gasteiger partial charge in [0.2, 0.25) is 15.9 Å². The molecule has 1 aromatic rings. The predicted molar refractivity (Wildman–Crippen MR) is 89.5 cm³/mol. The average Bonchev–Trinajstić information content (AvgIpc) is 3.41. The Morgan fingerprint density at radius 2 is 1.83 bits per heavy atom. The maximum Gasteiger partial charge on any atom is 0.229 e. The van der Waals surface area contributed by atoms with Crippen molar-refractivity contribution in [3.05, 3.63) is 30.1 Å². The van der Waals surface area contributed by atoms with E-state index in [0.717, 1.165) is 31.5 Å². The summed E-state index contributed by atoms with van der Waals surface area (Å²) >= 11 is 0. The van der Waals surface area contributed by atoms with E-state index in [9.17, 15) is 13.2 Å². The highest BCUT2D eigenvalue weighted by atomic mass is 32.2. The van der Waals surface area contributed by atoms with E-state index >= 15 is 0 Å². The first-order chi connectivity index (χ1) is 11.5. The highest BCUT2D eigenvalue weighted by Crippen LogP contribution is 2.43. The second-order valence-corrected chi connectivity index (χ2v) is 9.43. The summed E-state index contributed by atoms with van der Waals surface area (Å²) in [4.78, 5) is 19.1. The number of pyridine rings is 1. The van der Waals surface area contributed by atoms with E-state index in [2.05, 4.69) is 4.98 Å². The van der Waals surface area contributed by atoms with Gasteiger partial charge in [-0.2, -0.15) is 0 Å². The SMILES string of the molecule is O=C1N(Cc2ccccn2)CCC12CCN(S(=O)(=O)C1CC1)CC2. The minimum Gasteiger partial charge on any atom is -0.336 e. The molecule has 1 aromatic heterocycles. The summed E-state index contributed by atoms with van der Waals surface area (Å²) in [5.41, 5.74) is 0.543. The lowest BCUT2D eigenvalue weighted by Crippen LogP contribution is -2.47. The molecular weight excluding hydrogens is 326 g/mol. The Labute approximate surface area is 142 Å². The number of sulfonamides is 1. The highest BCUT2D eigenvalue weighted by molar-refractivity contribution is 7.90. The number of likely N-dealkylation sites (tertiary alicyclic amines) is 1. The average molecular weight is 349 g/mol. The maximum absolute atomic E-state index is 12.9. The smallest absolute Gasteiger partial charge is 0.229 e. The Hall–Kier alpha value is -1.47. The van der Waals surface area contributed by atoms with Gasteiger partial charge in [0.25, 0.3) is 0 Å². The molecule has 3 aliphatic rings.